The van der Waals surface area contributed by atoms with Gasteiger partial charge in [0, 0.05) is 48.7 Å². The summed E-state index contributed by atoms with van der Waals surface area (Å²) in [4.78, 5) is 87.7. The minimum absolute atomic E-state index is 0.0474. The van der Waals surface area contributed by atoms with Crippen LogP contribution in [0.3, 0.4) is 0 Å². The molecule has 322 valence electrons. The Kier molecular flexibility index (Phi) is 12.7. The summed E-state index contributed by atoms with van der Waals surface area (Å²) in [5.41, 5.74) is 3.90. The lowest BCUT2D eigenvalue weighted by Gasteiger charge is -2.32. The zero-order chi connectivity index (χ0) is 44.0. The summed E-state index contributed by atoms with van der Waals surface area (Å²) in [5, 5.41) is 14.7. The first-order valence-corrected chi connectivity index (χ1v) is 21.1. The Hall–Kier alpha value is -7.20. The normalized spacial score (nSPS) is 16.4. The fraction of sp³-hybridized carbons (Fsp3) is 0.261. The van der Waals surface area contributed by atoms with Gasteiger partial charge in [-0.05, 0) is 104 Å². The van der Waals surface area contributed by atoms with E-state index in [2.05, 4.69) is 36.6 Å². The number of nitrogens with one attached hydrogen (secondary N) is 5. The maximum Gasteiger partial charge on any atom is 0.264 e. The number of carbonyl (C=O) groups is 6. The Morgan fingerprint density at radius 2 is 1.54 bits per heavy atom. The van der Waals surface area contributed by atoms with E-state index in [0.717, 1.165) is 42.3 Å². The number of amides is 6. The highest BCUT2D eigenvalue weighted by molar-refractivity contribution is 6.34. The Morgan fingerprint density at radius 1 is 0.825 bits per heavy atom. The predicted octanol–water partition coefficient (Wildman–Crippen LogP) is 7.08. The van der Waals surface area contributed by atoms with E-state index in [1.165, 1.54) is 0 Å². The van der Waals surface area contributed by atoms with Gasteiger partial charge in [0.05, 0.1) is 34.5 Å². The first-order chi connectivity index (χ1) is 30.5. The number of carbonyl (C=O) groups excluding carboxylic acids is 6. The molecule has 15 nitrogen and oxygen atoms in total. The highest BCUT2D eigenvalue weighted by Crippen LogP contribution is 2.33. The van der Waals surface area contributed by atoms with E-state index < -0.39 is 35.5 Å². The molecule has 4 aromatic carbocycles. The number of hydrogen-bond acceptors (Lipinski definition) is 11. The van der Waals surface area contributed by atoms with Gasteiger partial charge in [0.1, 0.15) is 6.04 Å². The molecule has 1 atom stereocenters. The molecule has 0 saturated carbocycles. The van der Waals surface area contributed by atoms with E-state index in [0.29, 0.717) is 58.9 Å². The molecule has 0 radical (unpaired) electrons. The third kappa shape index (κ3) is 9.81. The number of hydrogen-bond donors (Lipinski definition) is 5. The van der Waals surface area contributed by atoms with Crippen molar-refractivity contribution in [3.8, 4) is 0 Å². The van der Waals surface area contributed by atoms with Gasteiger partial charge in [0.2, 0.25) is 23.7 Å². The summed E-state index contributed by atoms with van der Waals surface area (Å²) in [6.07, 6.45) is 4.98. The molecule has 1 aromatic heterocycles. The van der Waals surface area contributed by atoms with Crippen LogP contribution in [0.15, 0.2) is 97.2 Å². The number of para-hydroxylation sites is 1. The fourth-order valence-corrected chi connectivity index (χ4v) is 8.17. The zero-order valence-corrected chi connectivity index (χ0v) is 34.7. The van der Waals surface area contributed by atoms with Gasteiger partial charge >= 0.3 is 0 Å². The summed E-state index contributed by atoms with van der Waals surface area (Å²) in [6, 6.07) is 24.7. The van der Waals surface area contributed by atoms with E-state index in [-0.39, 0.29) is 54.0 Å². The van der Waals surface area contributed by atoms with Crippen molar-refractivity contribution < 1.29 is 33.2 Å². The van der Waals surface area contributed by atoms with Gasteiger partial charge in [-0.3, -0.25) is 39.0 Å². The second kappa shape index (κ2) is 18.8. The maximum absolute atomic E-state index is 14.7. The topological polar surface area (TPSA) is 195 Å². The molecule has 2 fully saturated rings. The minimum Gasteiger partial charge on any atom is -0.384 e. The van der Waals surface area contributed by atoms with Crippen molar-refractivity contribution in [1.82, 2.24) is 25.1 Å². The van der Waals surface area contributed by atoms with Crippen LogP contribution in [0.2, 0.25) is 5.02 Å². The maximum atomic E-state index is 14.7. The number of piperidine rings is 2. The number of nitrogens with zero attached hydrogens (tertiary/aromatic N) is 4. The fourth-order valence-electron chi connectivity index (χ4n) is 7.98. The number of rotatable bonds is 14. The smallest absolute Gasteiger partial charge is 0.264 e. The molecule has 8 rings (SSSR count). The third-order valence-electron chi connectivity index (χ3n) is 11.4. The van der Waals surface area contributed by atoms with Crippen LogP contribution in [0.5, 0.6) is 0 Å². The van der Waals surface area contributed by atoms with Gasteiger partial charge in [0.25, 0.3) is 17.7 Å². The Morgan fingerprint density at radius 3 is 2.29 bits per heavy atom. The highest BCUT2D eigenvalue weighted by atomic mass is 35.5. The van der Waals surface area contributed by atoms with Gasteiger partial charge in [-0.2, -0.15) is 4.98 Å². The van der Waals surface area contributed by atoms with Gasteiger partial charge in [-0.25, -0.2) is 9.37 Å². The van der Waals surface area contributed by atoms with Crippen molar-refractivity contribution in [2.45, 2.75) is 51.0 Å². The van der Waals surface area contributed by atoms with Crippen LogP contribution in [-0.2, 0) is 20.8 Å². The lowest BCUT2D eigenvalue weighted by molar-refractivity contribution is -0.136. The molecule has 6 amide bonds. The number of fused-ring (bicyclic) bond motifs is 1. The molecular formula is C46H43ClFN9O6. The number of aromatic nitrogens is 2. The molecular weight excluding hydrogens is 829 g/mol. The minimum atomic E-state index is -1.02. The van der Waals surface area contributed by atoms with E-state index >= 15 is 0 Å². The quantitative estimate of drug-likeness (QED) is 0.0565. The lowest BCUT2D eigenvalue weighted by atomic mass is 9.92. The van der Waals surface area contributed by atoms with E-state index in [1.807, 2.05) is 17.0 Å². The number of likely N-dealkylation sites (tertiary alicyclic amines) is 1. The standard InChI is InChI=1S/C46H43ClFN9O6/c47-33-7-1-2-8-35(33)53-42(60)29-12-16-30(17-13-29)51-41-34(48)26-50-46(55-41)52-31-14-10-28(11-15-31)25-39(59)56-23-20-27(21-24-56)5-4-22-49-36-9-3-6-32-40(36)45(63)57(44(32)62)37-18-19-38(58)54-43(37)61/h1-3,6-17,26-27,37,49H,4-5,18-25H2,(H,53,60)(H,54,58,61)(H2,50,51,52,55). The molecule has 1 unspecified atom stereocenters. The number of benzene rings is 4. The monoisotopic (exact) mass is 871 g/mol. The van der Waals surface area contributed by atoms with Crippen LogP contribution in [0, 0.1) is 11.7 Å². The summed E-state index contributed by atoms with van der Waals surface area (Å²) < 4.78 is 14.7. The third-order valence-corrected chi connectivity index (χ3v) is 11.7. The highest BCUT2D eigenvalue weighted by Gasteiger charge is 2.45. The largest absolute Gasteiger partial charge is 0.384 e. The average Bonchev–Trinajstić information content (AvgIpc) is 3.54. The number of imide groups is 2. The summed E-state index contributed by atoms with van der Waals surface area (Å²) in [6.45, 7) is 1.91. The van der Waals surface area contributed by atoms with Crippen molar-refractivity contribution in [3.05, 3.63) is 130 Å². The van der Waals surface area contributed by atoms with Gasteiger partial charge in [-0.15, -0.1) is 0 Å². The van der Waals surface area contributed by atoms with Crippen LogP contribution < -0.4 is 26.6 Å². The summed E-state index contributed by atoms with van der Waals surface area (Å²) in [7, 11) is 0. The second-order valence-electron chi connectivity index (χ2n) is 15.6. The van der Waals surface area contributed by atoms with Crippen LogP contribution in [0.1, 0.15) is 75.2 Å². The van der Waals surface area contributed by atoms with Crippen LogP contribution in [0.25, 0.3) is 0 Å². The van der Waals surface area contributed by atoms with Crippen LogP contribution in [-0.4, -0.2) is 80.9 Å². The number of halogens is 2. The average molecular weight is 872 g/mol. The lowest BCUT2D eigenvalue weighted by Crippen LogP contribution is -2.54. The Bertz CT molecular complexity index is 2580. The van der Waals surface area contributed by atoms with E-state index in [9.17, 15) is 33.2 Å². The predicted molar refractivity (Wildman–Crippen MR) is 235 cm³/mol. The van der Waals surface area contributed by atoms with E-state index in [1.54, 1.807) is 78.9 Å². The summed E-state index contributed by atoms with van der Waals surface area (Å²) in [5.74, 6) is -2.56. The molecule has 0 aliphatic carbocycles. The molecule has 63 heavy (non-hydrogen) atoms. The molecule has 2 saturated heterocycles. The molecule has 5 aromatic rings. The number of anilines is 6. The molecule has 17 heteroatoms. The van der Waals surface area contributed by atoms with Crippen LogP contribution >= 0.6 is 11.6 Å². The first kappa shape index (κ1) is 42.5. The molecule has 0 bridgehead atoms. The molecule has 3 aliphatic heterocycles. The van der Waals surface area contributed by atoms with Crippen molar-refractivity contribution in [3.63, 3.8) is 0 Å². The first-order valence-electron chi connectivity index (χ1n) is 20.7. The van der Waals surface area contributed by atoms with Gasteiger partial charge in [-0.1, -0.05) is 41.9 Å². The van der Waals surface area contributed by atoms with Gasteiger partial charge < -0.3 is 26.2 Å². The Labute approximate surface area is 366 Å². The van der Waals surface area contributed by atoms with Crippen molar-refractivity contribution in [2.75, 3.05) is 40.9 Å². The van der Waals surface area contributed by atoms with E-state index in [4.69, 9.17) is 11.6 Å². The van der Waals surface area contributed by atoms with Crippen LogP contribution in [0.4, 0.5) is 38.9 Å². The summed E-state index contributed by atoms with van der Waals surface area (Å²) >= 11 is 6.15. The van der Waals surface area contributed by atoms with Crippen molar-refractivity contribution in [2.24, 2.45) is 5.92 Å². The Balaban J connectivity index is 0.764. The molecule has 4 heterocycles. The molecule has 3 aliphatic rings. The van der Waals surface area contributed by atoms with Crippen molar-refractivity contribution >= 4 is 81.6 Å². The molecule has 5 N–H and O–H groups in total. The zero-order valence-electron chi connectivity index (χ0n) is 34.0. The van der Waals surface area contributed by atoms with Gasteiger partial charge in [0.15, 0.2) is 11.6 Å². The molecule has 0 spiro atoms. The SMILES string of the molecule is O=C1CCC(N2C(=O)c3cccc(NCCCC4CCN(C(=O)Cc5ccc(Nc6ncc(F)c(Nc7ccc(C(=O)Nc8ccccc8Cl)cc7)n6)cc5)CC4)c3C2=O)C(=O)N1. The second-order valence-corrected chi connectivity index (χ2v) is 16.0. The van der Waals surface area contributed by atoms with Crippen molar-refractivity contribution in [1.29, 1.82) is 0 Å².